The molecule has 6 rings (SSSR count). The molecule has 2 aliphatic heterocycles. The molecule has 224 valence electrons. The fraction of sp³-hybridized carbons (Fsp3) is 0.516. The molecule has 42 heavy (non-hydrogen) atoms. The second-order valence-corrected chi connectivity index (χ2v) is 14.9. The highest BCUT2D eigenvalue weighted by atomic mass is 32.2. The number of aromatic carboxylic acids is 1. The lowest BCUT2D eigenvalue weighted by molar-refractivity contribution is -0.121. The van der Waals surface area contributed by atoms with Crippen molar-refractivity contribution in [3.63, 3.8) is 0 Å². The van der Waals surface area contributed by atoms with Crippen molar-refractivity contribution in [3.05, 3.63) is 52.4 Å². The van der Waals surface area contributed by atoms with Crippen molar-refractivity contribution in [1.29, 1.82) is 0 Å². The highest BCUT2D eigenvalue weighted by molar-refractivity contribution is 7.89. The molecule has 4 heterocycles. The molecule has 2 atom stereocenters. The molecule has 11 heteroatoms. The molecule has 2 aromatic heterocycles. The van der Waals surface area contributed by atoms with Crippen molar-refractivity contribution < 1.29 is 23.1 Å². The highest BCUT2D eigenvalue weighted by Gasteiger charge is 2.44. The molecule has 9 nitrogen and oxygen atoms in total. The van der Waals surface area contributed by atoms with Gasteiger partial charge in [-0.1, -0.05) is 44.4 Å². The Bertz CT molecular complexity index is 1500. The van der Waals surface area contributed by atoms with Gasteiger partial charge in [-0.2, -0.15) is 4.31 Å². The minimum atomic E-state index is -3.98. The number of sulfonamides is 1. The minimum absolute atomic E-state index is 0.0726. The first kappa shape index (κ1) is 29.1. The van der Waals surface area contributed by atoms with Crippen LogP contribution in [-0.4, -0.2) is 66.9 Å². The Hall–Kier alpha value is -3.02. The summed E-state index contributed by atoms with van der Waals surface area (Å²) in [5, 5.41) is 10.2. The Labute approximate surface area is 251 Å². The zero-order valence-corrected chi connectivity index (χ0v) is 25.6. The number of amides is 1. The van der Waals surface area contributed by atoms with E-state index in [-0.39, 0.29) is 28.8 Å². The molecule has 0 radical (unpaired) electrons. The number of thiophene rings is 1. The van der Waals surface area contributed by atoms with Gasteiger partial charge in [0.1, 0.15) is 15.6 Å². The zero-order chi connectivity index (χ0) is 29.4. The molecule has 0 bridgehead atoms. The van der Waals surface area contributed by atoms with E-state index in [0.717, 1.165) is 80.7 Å². The molecule has 3 fully saturated rings. The summed E-state index contributed by atoms with van der Waals surface area (Å²) in [6.07, 6.45) is 15.6. The van der Waals surface area contributed by atoms with Gasteiger partial charge in [0.15, 0.2) is 0 Å². The van der Waals surface area contributed by atoms with Crippen molar-refractivity contribution in [2.45, 2.75) is 69.2 Å². The Kier molecular flexibility index (Phi) is 8.26. The summed E-state index contributed by atoms with van der Waals surface area (Å²) in [6.45, 7) is 3.73. The summed E-state index contributed by atoms with van der Waals surface area (Å²) in [5.74, 6) is -0.207. The smallest absolute Gasteiger partial charge is 0.348 e. The molecule has 1 saturated carbocycles. The van der Waals surface area contributed by atoms with Gasteiger partial charge in [-0.05, 0) is 67.7 Å². The van der Waals surface area contributed by atoms with Crippen molar-refractivity contribution in [2.24, 2.45) is 11.8 Å². The van der Waals surface area contributed by atoms with Gasteiger partial charge in [0.2, 0.25) is 15.9 Å². The zero-order valence-electron chi connectivity index (χ0n) is 23.9. The minimum Gasteiger partial charge on any atom is -0.477 e. The van der Waals surface area contributed by atoms with E-state index in [0.29, 0.717) is 11.6 Å². The molecule has 1 unspecified atom stereocenters. The summed E-state index contributed by atoms with van der Waals surface area (Å²) < 4.78 is 29.0. The fourth-order valence-corrected chi connectivity index (χ4v) is 9.08. The predicted molar refractivity (Wildman–Crippen MR) is 164 cm³/mol. The lowest BCUT2D eigenvalue weighted by Crippen LogP contribution is -2.60. The number of carbonyl (C=O) groups excluding carboxylic acids is 1. The number of allylic oxidation sites excluding steroid dienone is 4. The number of carbonyl (C=O) groups is 2. The van der Waals surface area contributed by atoms with Gasteiger partial charge in [-0.25, -0.2) is 18.2 Å². The van der Waals surface area contributed by atoms with Crippen molar-refractivity contribution in [3.8, 4) is 0 Å². The van der Waals surface area contributed by atoms with E-state index in [9.17, 15) is 23.1 Å². The van der Waals surface area contributed by atoms with E-state index >= 15 is 0 Å². The first-order valence-corrected chi connectivity index (χ1v) is 17.3. The first-order chi connectivity index (χ1) is 20.2. The monoisotopic (exact) mass is 610 g/mol. The van der Waals surface area contributed by atoms with Crippen LogP contribution in [-0.2, 0) is 14.8 Å². The van der Waals surface area contributed by atoms with Crippen LogP contribution < -0.4 is 9.80 Å². The van der Waals surface area contributed by atoms with E-state index in [1.807, 2.05) is 12.1 Å². The molecular weight excluding hydrogens is 572 g/mol. The molecule has 0 spiro atoms. The third kappa shape index (κ3) is 5.66. The number of anilines is 2. The lowest BCUT2D eigenvalue weighted by atomic mass is 9.82. The predicted octanol–water partition coefficient (Wildman–Crippen LogP) is 5.41. The molecule has 0 aromatic carbocycles. The maximum atomic E-state index is 13.9. The molecule has 1 N–H and O–H groups in total. The van der Waals surface area contributed by atoms with Gasteiger partial charge >= 0.3 is 5.97 Å². The van der Waals surface area contributed by atoms with Gasteiger partial charge in [0, 0.05) is 30.7 Å². The average molecular weight is 611 g/mol. The Balaban J connectivity index is 1.33. The summed E-state index contributed by atoms with van der Waals surface area (Å²) in [5.41, 5.74) is 1.34. The Morgan fingerprint density at radius 3 is 2.50 bits per heavy atom. The molecule has 2 aromatic rings. The summed E-state index contributed by atoms with van der Waals surface area (Å²) in [6, 6.07) is 4.70. The van der Waals surface area contributed by atoms with E-state index in [2.05, 4.69) is 29.0 Å². The van der Waals surface area contributed by atoms with E-state index < -0.39 is 27.9 Å². The first-order valence-electron chi connectivity index (χ1n) is 15.0. The molecule has 2 saturated heterocycles. The number of nitrogens with zero attached hydrogens (tertiary/aromatic N) is 4. The number of hydrogen-bond donors (Lipinski definition) is 1. The van der Waals surface area contributed by atoms with Gasteiger partial charge in [-0.15, -0.1) is 11.3 Å². The molecule has 4 aliphatic rings. The van der Waals surface area contributed by atoms with Gasteiger partial charge in [-0.3, -0.25) is 4.79 Å². The summed E-state index contributed by atoms with van der Waals surface area (Å²) in [4.78, 5) is 35.6. The second-order valence-electron chi connectivity index (χ2n) is 11.9. The summed E-state index contributed by atoms with van der Waals surface area (Å²) in [7, 11) is -3.98. The standard InChI is InChI=1S/C31H38N4O5S2/c1-21-9-11-23(12-10-21)27-17-25(30(41-27)31(37)38)35-26(22-7-3-2-4-8-22)19-34(20-29(35)36)42(39,40)24-13-14-28(32-18-24)33-15-5-6-16-33/h9,11-14,17-18,21-22,26H,2-8,10,15-16,19-20H2,1H3,(H,37,38)/t21?,26-/m0/s1. The van der Waals surface area contributed by atoms with Crippen LogP contribution in [0.5, 0.6) is 0 Å². The topological polar surface area (TPSA) is 111 Å². The largest absolute Gasteiger partial charge is 0.477 e. The lowest BCUT2D eigenvalue weighted by Gasteiger charge is -2.44. The fourth-order valence-electron chi connectivity index (χ4n) is 6.72. The van der Waals surface area contributed by atoms with Crippen LogP contribution in [0, 0.1) is 11.8 Å². The van der Waals surface area contributed by atoms with Gasteiger partial charge < -0.3 is 14.9 Å². The number of pyridine rings is 1. The molecule has 2 aliphatic carbocycles. The van der Waals surface area contributed by atoms with Crippen LogP contribution in [0.15, 0.2) is 47.5 Å². The van der Waals surface area contributed by atoms with E-state index in [1.54, 1.807) is 17.0 Å². The maximum absolute atomic E-state index is 13.9. The van der Waals surface area contributed by atoms with Crippen LogP contribution >= 0.6 is 11.3 Å². The van der Waals surface area contributed by atoms with Gasteiger partial charge in [0.05, 0.1) is 18.3 Å². The third-order valence-electron chi connectivity index (χ3n) is 9.05. The normalized spacial score (nSPS) is 24.3. The number of aromatic nitrogens is 1. The SMILES string of the molecule is CC1C=CC(c2cc(N3C(=O)CN(S(=O)(=O)c4ccc(N5CCCC5)nc4)C[C@H]3C3CCCCC3)c(C(=O)O)s2)=CC1. The Morgan fingerprint density at radius 1 is 1.10 bits per heavy atom. The number of carboxylic acids is 1. The van der Waals surface area contributed by atoms with Crippen LogP contribution in [0.25, 0.3) is 5.57 Å². The average Bonchev–Trinajstić information content (AvgIpc) is 3.69. The number of piperazine rings is 1. The molecule has 1 amide bonds. The molecular formula is C31H38N4O5S2. The number of hydrogen-bond acceptors (Lipinski definition) is 7. The van der Waals surface area contributed by atoms with Crippen molar-refractivity contribution in [2.75, 3.05) is 36.0 Å². The highest BCUT2D eigenvalue weighted by Crippen LogP contribution is 2.41. The number of rotatable bonds is 7. The summed E-state index contributed by atoms with van der Waals surface area (Å²) >= 11 is 1.18. The maximum Gasteiger partial charge on any atom is 0.348 e. The van der Waals surface area contributed by atoms with Crippen LogP contribution in [0.1, 0.15) is 72.8 Å². The Morgan fingerprint density at radius 2 is 1.86 bits per heavy atom. The third-order valence-corrected chi connectivity index (χ3v) is 12.0. The quantitative estimate of drug-likeness (QED) is 0.447. The second kappa shape index (κ2) is 11.9. The van der Waals surface area contributed by atoms with Crippen LogP contribution in [0.4, 0.5) is 11.5 Å². The van der Waals surface area contributed by atoms with Crippen molar-refractivity contribution in [1.82, 2.24) is 9.29 Å². The van der Waals surface area contributed by atoms with Gasteiger partial charge in [0.25, 0.3) is 0 Å². The van der Waals surface area contributed by atoms with E-state index in [1.165, 1.54) is 21.8 Å². The van der Waals surface area contributed by atoms with Crippen LogP contribution in [0.3, 0.4) is 0 Å². The number of carboxylic acid groups (broad SMARTS) is 1. The van der Waals surface area contributed by atoms with E-state index in [4.69, 9.17) is 0 Å². The van der Waals surface area contributed by atoms with Crippen LogP contribution in [0.2, 0.25) is 0 Å². The van der Waals surface area contributed by atoms with Crippen molar-refractivity contribution >= 4 is 50.3 Å².